The number of aliphatic hydroxyl groups is 1. The van der Waals surface area contributed by atoms with E-state index in [0.29, 0.717) is 17.4 Å². The third-order valence-electron chi connectivity index (χ3n) is 6.46. The first-order valence-corrected chi connectivity index (χ1v) is 12.5. The van der Waals surface area contributed by atoms with Crippen molar-refractivity contribution in [2.24, 2.45) is 5.92 Å². The molecule has 0 unspecified atom stereocenters. The lowest BCUT2D eigenvalue weighted by atomic mass is 9.84. The quantitative estimate of drug-likeness (QED) is 0.336. The lowest BCUT2D eigenvalue weighted by Crippen LogP contribution is -2.39. The van der Waals surface area contributed by atoms with Crippen LogP contribution in [0.4, 0.5) is 4.39 Å². The molecule has 3 aromatic rings. The molecule has 0 saturated heterocycles. The number of ether oxygens (including phenoxy) is 1. The summed E-state index contributed by atoms with van der Waals surface area (Å²) >= 11 is 5.96. The Morgan fingerprint density at radius 3 is 2.70 bits per heavy atom. The Morgan fingerprint density at radius 2 is 1.97 bits per heavy atom. The van der Waals surface area contributed by atoms with E-state index in [9.17, 15) is 18.8 Å². The predicted octanol–water partition coefficient (Wildman–Crippen LogP) is 3.08. The van der Waals surface area contributed by atoms with Gasteiger partial charge in [-0.3, -0.25) is 14.4 Å². The van der Waals surface area contributed by atoms with Gasteiger partial charge in [-0.05, 0) is 67.9 Å². The highest BCUT2D eigenvalue weighted by atomic mass is 35.5. The Kier molecular flexibility index (Phi) is 8.73. The van der Waals surface area contributed by atoms with Crippen LogP contribution >= 0.6 is 11.6 Å². The van der Waals surface area contributed by atoms with Gasteiger partial charge in [-0.15, -0.1) is 0 Å². The zero-order valence-electron chi connectivity index (χ0n) is 20.1. The normalized spacial score (nSPS) is 17.4. The maximum Gasteiger partial charge on any atom is 0.287 e. The van der Waals surface area contributed by atoms with Crippen LogP contribution in [0, 0.1) is 11.7 Å². The molecule has 1 aromatic heterocycles. The van der Waals surface area contributed by atoms with Crippen molar-refractivity contribution in [1.82, 2.24) is 20.6 Å². The topological polar surface area (TPSA) is 133 Å². The van der Waals surface area contributed by atoms with Gasteiger partial charge in [0.05, 0.1) is 12.1 Å². The molecule has 0 atom stereocenters. The molecule has 196 valence electrons. The zero-order valence-corrected chi connectivity index (χ0v) is 20.8. The molecule has 9 nitrogen and oxygen atoms in total. The molecule has 2 amide bonds. The number of rotatable bonds is 9. The van der Waals surface area contributed by atoms with Gasteiger partial charge in [-0.2, -0.15) is 0 Å². The minimum Gasteiger partial charge on any atom is -0.490 e. The van der Waals surface area contributed by atoms with E-state index in [4.69, 9.17) is 21.4 Å². The van der Waals surface area contributed by atoms with E-state index < -0.39 is 23.9 Å². The van der Waals surface area contributed by atoms with E-state index in [1.807, 2.05) is 0 Å². The highest BCUT2D eigenvalue weighted by Gasteiger charge is 2.23. The second kappa shape index (κ2) is 12.2. The molecular formula is C26H28ClFN4O5. The number of H-pyrrole nitrogens is 1. The molecule has 1 saturated carbocycles. The Balaban J connectivity index is 1.38. The number of hydrogen-bond acceptors (Lipinski definition) is 6. The minimum absolute atomic E-state index is 0.0499. The number of nitrogens with zero attached hydrogens (tertiary/aromatic N) is 1. The van der Waals surface area contributed by atoms with Crippen molar-refractivity contribution in [3.63, 3.8) is 0 Å². The van der Waals surface area contributed by atoms with Gasteiger partial charge < -0.3 is 25.5 Å². The van der Waals surface area contributed by atoms with E-state index >= 15 is 0 Å². The number of amides is 2. The fourth-order valence-electron chi connectivity index (χ4n) is 4.54. The van der Waals surface area contributed by atoms with Gasteiger partial charge in [0.15, 0.2) is 17.4 Å². The number of aromatic amines is 1. The first-order chi connectivity index (χ1) is 17.8. The van der Waals surface area contributed by atoms with Crippen LogP contribution in [0.3, 0.4) is 0 Å². The molecule has 4 rings (SSSR count). The molecular weight excluding hydrogens is 503 g/mol. The first-order valence-electron chi connectivity index (χ1n) is 12.1. The summed E-state index contributed by atoms with van der Waals surface area (Å²) in [5.41, 5.74) is 0.255. The zero-order chi connectivity index (χ0) is 26.4. The fraction of sp³-hybridized carbons (Fsp3) is 0.385. The number of aliphatic hydroxyl groups excluding tert-OH is 1. The van der Waals surface area contributed by atoms with Crippen LogP contribution in [-0.2, 0) is 11.3 Å². The average Bonchev–Trinajstić information content (AvgIpc) is 2.89. The summed E-state index contributed by atoms with van der Waals surface area (Å²) < 4.78 is 20.3. The highest BCUT2D eigenvalue weighted by molar-refractivity contribution is 6.30. The standard InChI is InChI=1S/C26H28ClFN4O5/c27-17-3-1-2-16(12-17)13-29-26(36)24-31-20-9-8-19(28)23(22(20)25(35)32-24)37-11-10-15-4-6-18(7-5-15)30-21(34)14-33/h1-3,8-9,12,15,18,33H,4-7,10-11,13-14H2,(H,29,36)(H,30,34)(H,31,32,35). The summed E-state index contributed by atoms with van der Waals surface area (Å²) in [6.07, 6.45) is 3.99. The van der Waals surface area contributed by atoms with Gasteiger partial charge in [0, 0.05) is 17.6 Å². The monoisotopic (exact) mass is 530 g/mol. The van der Waals surface area contributed by atoms with Gasteiger partial charge >= 0.3 is 0 Å². The molecule has 1 fully saturated rings. The van der Waals surface area contributed by atoms with Gasteiger partial charge in [-0.1, -0.05) is 23.7 Å². The first kappa shape index (κ1) is 26.6. The Hall–Kier alpha value is -3.50. The van der Waals surface area contributed by atoms with Crippen molar-refractivity contribution in [3.05, 3.63) is 69.0 Å². The lowest BCUT2D eigenvalue weighted by Gasteiger charge is -2.29. The average molecular weight is 531 g/mol. The second-order valence-electron chi connectivity index (χ2n) is 9.08. The Morgan fingerprint density at radius 1 is 1.19 bits per heavy atom. The van der Waals surface area contributed by atoms with Crippen LogP contribution in [0.1, 0.15) is 48.3 Å². The van der Waals surface area contributed by atoms with Crippen LogP contribution < -0.4 is 20.9 Å². The molecule has 1 heterocycles. The molecule has 1 aliphatic carbocycles. The van der Waals surface area contributed by atoms with Crippen molar-refractivity contribution in [1.29, 1.82) is 0 Å². The van der Waals surface area contributed by atoms with Gasteiger partial charge in [0.2, 0.25) is 5.91 Å². The summed E-state index contributed by atoms with van der Waals surface area (Å²) in [7, 11) is 0. The number of halogens is 2. The summed E-state index contributed by atoms with van der Waals surface area (Å²) in [5, 5.41) is 14.8. The van der Waals surface area contributed by atoms with E-state index in [1.54, 1.807) is 24.3 Å². The van der Waals surface area contributed by atoms with E-state index in [2.05, 4.69) is 20.6 Å². The molecule has 0 bridgehead atoms. The largest absolute Gasteiger partial charge is 0.490 e. The summed E-state index contributed by atoms with van der Waals surface area (Å²) in [5.74, 6) is -1.70. The number of carbonyl (C=O) groups is 2. The SMILES string of the molecule is O=C(CO)NC1CCC(CCOc2c(F)ccc3nc(C(=O)NCc4cccc(Cl)c4)[nH]c(=O)c23)CC1. The Bertz CT molecular complexity index is 1340. The van der Waals surface area contributed by atoms with Gasteiger partial charge in [-0.25, -0.2) is 9.37 Å². The van der Waals surface area contributed by atoms with Crippen molar-refractivity contribution in [2.45, 2.75) is 44.7 Å². The molecule has 2 aromatic carbocycles. The number of hydrogen-bond donors (Lipinski definition) is 4. The van der Waals surface area contributed by atoms with Crippen molar-refractivity contribution in [3.8, 4) is 5.75 Å². The molecule has 4 N–H and O–H groups in total. The molecule has 0 radical (unpaired) electrons. The maximum atomic E-state index is 14.6. The van der Waals surface area contributed by atoms with Gasteiger partial charge in [0.25, 0.3) is 11.5 Å². The third kappa shape index (κ3) is 6.84. The van der Waals surface area contributed by atoms with Crippen molar-refractivity contribution < 1.29 is 23.8 Å². The van der Waals surface area contributed by atoms with E-state index in [0.717, 1.165) is 37.3 Å². The smallest absolute Gasteiger partial charge is 0.287 e. The molecule has 11 heteroatoms. The fourth-order valence-corrected chi connectivity index (χ4v) is 4.75. The second-order valence-corrected chi connectivity index (χ2v) is 9.51. The van der Waals surface area contributed by atoms with Crippen LogP contribution in [0.5, 0.6) is 5.75 Å². The van der Waals surface area contributed by atoms with Crippen LogP contribution in [0.25, 0.3) is 10.9 Å². The van der Waals surface area contributed by atoms with Crippen LogP contribution in [0.2, 0.25) is 5.02 Å². The predicted molar refractivity (Wildman–Crippen MR) is 136 cm³/mol. The summed E-state index contributed by atoms with van der Waals surface area (Å²) in [6.45, 7) is -0.127. The van der Waals surface area contributed by atoms with E-state index in [-0.39, 0.29) is 47.6 Å². The number of benzene rings is 2. The number of carbonyl (C=O) groups excluding carboxylic acids is 2. The maximum absolute atomic E-state index is 14.6. The molecule has 1 aliphatic rings. The van der Waals surface area contributed by atoms with Crippen LogP contribution in [-0.4, -0.2) is 46.1 Å². The van der Waals surface area contributed by atoms with Gasteiger partial charge in [0.1, 0.15) is 12.0 Å². The van der Waals surface area contributed by atoms with Crippen molar-refractivity contribution >= 4 is 34.3 Å². The van der Waals surface area contributed by atoms with Crippen molar-refractivity contribution in [2.75, 3.05) is 13.2 Å². The number of aromatic nitrogens is 2. The third-order valence-corrected chi connectivity index (χ3v) is 6.70. The summed E-state index contributed by atoms with van der Waals surface area (Å²) in [6, 6.07) is 9.55. The summed E-state index contributed by atoms with van der Waals surface area (Å²) in [4.78, 5) is 43.4. The Labute approximate surface area is 217 Å². The van der Waals surface area contributed by atoms with Crippen LogP contribution in [0.15, 0.2) is 41.2 Å². The molecule has 37 heavy (non-hydrogen) atoms. The minimum atomic E-state index is -0.687. The number of nitrogens with one attached hydrogen (secondary N) is 3. The van der Waals surface area contributed by atoms with E-state index in [1.165, 1.54) is 6.07 Å². The highest BCUT2D eigenvalue weighted by Crippen LogP contribution is 2.29. The molecule has 0 aliphatic heterocycles. The lowest BCUT2D eigenvalue weighted by molar-refractivity contribution is -0.124. The molecule has 0 spiro atoms. The number of fused-ring (bicyclic) bond motifs is 1.